The number of aliphatic hydroxyl groups is 2. The van der Waals surface area contributed by atoms with Crippen molar-refractivity contribution in [3.05, 3.63) is 65.7 Å². The van der Waals surface area contributed by atoms with Crippen molar-refractivity contribution in [2.45, 2.75) is 36.0 Å². The van der Waals surface area contributed by atoms with Gasteiger partial charge in [0.05, 0.1) is 23.7 Å². The summed E-state index contributed by atoms with van der Waals surface area (Å²) in [7, 11) is 0. The van der Waals surface area contributed by atoms with Crippen LogP contribution in [0.2, 0.25) is 0 Å². The molecule has 16 nitrogen and oxygen atoms in total. The summed E-state index contributed by atoms with van der Waals surface area (Å²) in [5.41, 5.74) is 11.4. The minimum Gasteiger partial charge on any atom is -0.370 e. The minimum atomic E-state index is -2.75. The van der Waals surface area contributed by atoms with Crippen LogP contribution in [0.1, 0.15) is 27.1 Å². The van der Waals surface area contributed by atoms with E-state index in [9.17, 15) is 29.4 Å². The predicted molar refractivity (Wildman–Crippen MR) is 160 cm³/mol. The number of hydrogen-bond donors (Lipinski definition) is 6. The number of rotatable bonds is 6. The molecule has 1 spiro atoms. The lowest BCUT2D eigenvalue weighted by Crippen LogP contribution is -2.78. The molecule has 5 amide bonds. The number of hydrogen-bond acceptors (Lipinski definition) is 12. The Morgan fingerprint density at radius 1 is 1.00 bits per heavy atom. The van der Waals surface area contributed by atoms with Gasteiger partial charge in [-0.15, -0.1) is 0 Å². The number of carbonyl (C=O) groups is 4. The molecule has 4 atom stereocenters. The molecule has 5 aliphatic heterocycles. The number of nitrogens with one attached hydrogen (secondary N) is 2. The largest absolute Gasteiger partial charge is 0.370 e. The average Bonchev–Trinajstić information content (AvgIpc) is 3.57. The molecule has 3 fully saturated rings. The molecule has 0 radical (unpaired) electrons. The first-order valence-electron chi connectivity index (χ1n) is 14.6. The van der Waals surface area contributed by atoms with Crippen LogP contribution in [0.5, 0.6) is 0 Å². The zero-order chi connectivity index (χ0) is 31.7. The van der Waals surface area contributed by atoms with Gasteiger partial charge >= 0.3 is 6.03 Å². The third-order valence-corrected chi connectivity index (χ3v) is 9.15. The molecule has 234 valence electrons. The van der Waals surface area contributed by atoms with Gasteiger partial charge in [0.1, 0.15) is 18.6 Å². The monoisotopic (exact) mass is 616 g/mol. The van der Waals surface area contributed by atoms with E-state index in [2.05, 4.69) is 20.6 Å². The van der Waals surface area contributed by atoms with Crippen molar-refractivity contribution in [3.8, 4) is 0 Å². The molecule has 0 aliphatic carbocycles. The number of benzene rings is 2. The molecule has 3 saturated heterocycles. The van der Waals surface area contributed by atoms with E-state index in [4.69, 9.17) is 11.5 Å². The Balaban J connectivity index is 1.15. The lowest BCUT2D eigenvalue weighted by atomic mass is 9.84. The number of para-hydroxylation sites is 1. The number of urea groups is 1. The van der Waals surface area contributed by atoms with Crippen LogP contribution in [0.3, 0.4) is 0 Å². The molecule has 3 unspecified atom stereocenters. The third-order valence-electron chi connectivity index (χ3n) is 9.15. The van der Waals surface area contributed by atoms with Crippen LogP contribution in [0, 0.1) is 0 Å². The average molecular weight is 617 g/mol. The number of nitrogens with zero attached hydrogens (tertiary/aromatic N) is 6. The maximum absolute atomic E-state index is 13.6. The first-order valence-corrected chi connectivity index (χ1v) is 14.6. The minimum absolute atomic E-state index is 0.0767. The van der Waals surface area contributed by atoms with Gasteiger partial charge in [-0.05, 0) is 30.7 Å². The predicted octanol–water partition coefficient (Wildman–Crippen LogP) is -2.22. The lowest BCUT2D eigenvalue weighted by molar-refractivity contribution is -0.230. The second-order valence-electron chi connectivity index (χ2n) is 11.7. The summed E-state index contributed by atoms with van der Waals surface area (Å²) in [6.07, 6.45) is 0.881. The molecule has 45 heavy (non-hydrogen) atoms. The van der Waals surface area contributed by atoms with Gasteiger partial charge in [-0.2, -0.15) is 0 Å². The van der Waals surface area contributed by atoms with Gasteiger partial charge in [-0.1, -0.05) is 30.3 Å². The van der Waals surface area contributed by atoms with Gasteiger partial charge in [-0.3, -0.25) is 24.2 Å². The summed E-state index contributed by atoms with van der Waals surface area (Å²) in [5, 5.41) is 29.1. The Kier molecular flexibility index (Phi) is 6.45. The number of likely N-dealkylation sites (tertiary alicyclic amines) is 1. The Morgan fingerprint density at radius 2 is 1.69 bits per heavy atom. The molecule has 2 aromatic rings. The summed E-state index contributed by atoms with van der Waals surface area (Å²) in [5.74, 6) is -4.48. The van der Waals surface area contributed by atoms with Gasteiger partial charge in [-0.25, -0.2) is 14.8 Å². The molecule has 5 heterocycles. The van der Waals surface area contributed by atoms with Gasteiger partial charge in [0, 0.05) is 25.3 Å². The first kappa shape index (κ1) is 28.5. The summed E-state index contributed by atoms with van der Waals surface area (Å²) in [6, 6.07) is 11.0. The van der Waals surface area contributed by atoms with Crippen molar-refractivity contribution in [1.82, 2.24) is 25.3 Å². The number of nitrogens with two attached hydrogens (primary N) is 2. The van der Waals surface area contributed by atoms with E-state index in [0.717, 1.165) is 11.3 Å². The van der Waals surface area contributed by atoms with E-state index in [1.165, 1.54) is 15.9 Å². The van der Waals surface area contributed by atoms with Crippen LogP contribution in [-0.4, -0.2) is 123 Å². The Bertz CT molecular complexity index is 1660. The highest BCUT2D eigenvalue weighted by molar-refractivity contribution is 6.12. The van der Waals surface area contributed by atoms with Crippen molar-refractivity contribution in [2.75, 3.05) is 37.6 Å². The molecule has 7 rings (SSSR count). The maximum Gasteiger partial charge on any atom is 0.331 e. The quantitative estimate of drug-likeness (QED) is 0.151. The van der Waals surface area contributed by atoms with Crippen LogP contribution in [-0.2, 0) is 4.79 Å². The Hall–Kier alpha value is -5.22. The second-order valence-corrected chi connectivity index (χ2v) is 11.7. The van der Waals surface area contributed by atoms with Crippen LogP contribution < -0.4 is 27.0 Å². The zero-order valence-electron chi connectivity index (χ0n) is 24.0. The molecule has 0 saturated carbocycles. The molecule has 5 aliphatic rings. The lowest BCUT2D eigenvalue weighted by Gasteiger charge is -2.49. The van der Waals surface area contributed by atoms with E-state index < -0.39 is 47.4 Å². The summed E-state index contributed by atoms with van der Waals surface area (Å²) in [6.45, 7) is 0.537. The fourth-order valence-corrected chi connectivity index (χ4v) is 6.75. The van der Waals surface area contributed by atoms with Crippen LogP contribution in [0.4, 0.5) is 10.5 Å². The number of imide groups is 1. The fraction of sp³-hybridized carbons (Fsp3) is 0.379. The van der Waals surface area contributed by atoms with Gasteiger partial charge in [0.25, 0.3) is 17.7 Å². The zero-order valence-corrected chi connectivity index (χ0v) is 24.0. The molecule has 2 aromatic carbocycles. The van der Waals surface area contributed by atoms with Gasteiger partial charge in [0.15, 0.2) is 17.6 Å². The molecule has 8 N–H and O–H groups in total. The van der Waals surface area contributed by atoms with E-state index in [1.807, 2.05) is 0 Å². The van der Waals surface area contributed by atoms with Crippen molar-refractivity contribution in [3.63, 3.8) is 0 Å². The number of aliphatic imine (C=N–C) groups is 2. The number of anilines is 1. The highest BCUT2D eigenvalue weighted by Crippen LogP contribution is 2.45. The third kappa shape index (κ3) is 4.20. The van der Waals surface area contributed by atoms with E-state index in [0.29, 0.717) is 18.8 Å². The normalized spacial score (nSPS) is 28.2. The number of guanidine groups is 2. The Morgan fingerprint density at radius 3 is 2.38 bits per heavy atom. The van der Waals surface area contributed by atoms with E-state index in [1.54, 1.807) is 53.4 Å². The van der Waals surface area contributed by atoms with Crippen molar-refractivity contribution >= 4 is 41.4 Å². The smallest absolute Gasteiger partial charge is 0.331 e. The highest BCUT2D eigenvalue weighted by atomic mass is 16.5. The SMILES string of the molecule is NC1=NC2[C@H](CN3C(=O)CN(c4ccccc4)C3=O)N=C(N)N3CC(NC(=O)c4ccccc4C(=O)N4CCC4)C(O)(O)C23N1. The van der Waals surface area contributed by atoms with Gasteiger partial charge in [0.2, 0.25) is 5.79 Å². The second kappa shape index (κ2) is 10.2. The Labute approximate surface area is 257 Å². The van der Waals surface area contributed by atoms with Crippen molar-refractivity contribution in [1.29, 1.82) is 0 Å². The molecule has 0 aromatic heterocycles. The van der Waals surface area contributed by atoms with E-state index in [-0.39, 0.29) is 48.6 Å². The molecule has 0 bridgehead atoms. The van der Waals surface area contributed by atoms with Crippen LogP contribution in [0.25, 0.3) is 0 Å². The molecular weight excluding hydrogens is 584 g/mol. The molecule has 16 heteroatoms. The van der Waals surface area contributed by atoms with Crippen LogP contribution >= 0.6 is 0 Å². The van der Waals surface area contributed by atoms with E-state index >= 15 is 0 Å². The maximum atomic E-state index is 13.6. The first-order chi connectivity index (χ1) is 21.5. The summed E-state index contributed by atoms with van der Waals surface area (Å²) < 4.78 is 0. The van der Waals surface area contributed by atoms with Crippen molar-refractivity contribution in [2.24, 2.45) is 21.5 Å². The van der Waals surface area contributed by atoms with Crippen molar-refractivity contribution < 1.29 is 29.4 Å². The standard InChI is InChI=1S/C29H32N10O6/c30-25-34-22-19(13-38-21(40)15-37(27(38)43)16-7-2-1-3-8-16)32-26(31)39-14-20(29(44,45)28(22,39)35-25)33-23(41)17-9-4-5-10-18(17)24(42)36-11-6-12-36/h1-5,7-10,19-20,22,44-45H,6,11-15H2,(H2,31,32)(H,33,41)(H3,30,34,35)/t19-,20?,22?,28?/m0/s1. The molecular formula is C29H32N10O6. The number of amides is 5. The summed E-state index contributed by atoms with van der Waals surface area (Å²) in [4.78, 5) is 67.1. The summed E-state index contributed by atoms with van der Waals surface area (Å²) >= 11 is 0. The number of carbonyl (C=O) groups excluding carboxylic acids is 4. The fourth-order valence-electron chi connectivity index (χ4n) is 6.75. The van der Waals surface area contributed by atoms with Gasteiger partial charge < -0.3 is 42.1 Å². The highest BCUT2D eigenvalue weighted by Gasteiger charge is 2.73. The topological polar surface area (TPSA) is 223 Å². The van der Waals surface area contributed by atoms with Crippen LogP contribution in [0.15, 0.2) is 64.6 Å².